The van der Waals surface area contributed by atoms with Gasteiger partial charge in [-0.25, -0.2) is 0 Å². The Morgan fingerprint density at radius 3 is 1.81 bits per heavy atom. The zero-order valence-corrected chi connectivity index (χ0v) is 28.2. The van der Waals surface area contributed by atoms with Crippen molar-refractivity contribution >= 4 is 25.3 Å². The van der Waals surface area contributed by atoms with Gasteiger partial charge in [-0.2, -0.15) is 0 Å². The average molecular weight is 671 g/mol. The number of hydrogen-bond acceptors (Lipinski definition) is 7. The molecule has 244 valence electrons. The highest BCUT2D eigenvalue weighted by atomic mass is 31.2. The summed E-state index contributed by atoms with van der Waals surface area (Å²) in [5.41, 5.74) is 4.14. The van der Waals surface area contributed by atoms with Gasteiger partial charge in [-0.3, -0.25) is 9.13 Å². The summed E-state index contributed by atoms with van der Waals surface area (Å²) >= 11 is 0. The maximum Gasteiger partial charge on any atom is 0.277 e. The monoisotopic (exact) mass is 670 g/mol. The van der Waals surface area contributed by atoms with E-state index in [0.29, 0.717) is 55.8 Å². The Bertz CT molecular complexity index is 1850. The standard InChI is InChI=1S/C20H21O3P.C18H19O4P/c21-24(12-11-14-9-10-18-19(13-14)22-18)20-8-4-2-6-16(20)15-5-1-3-7-17(15)23-24;19-23(11-5-10-20-12-14-13-21-14)18-9-4-2-7-16(18)15-6-1-3-8-17(15)22-23/h1-8,14,18-19H,9-13H2;1-4,6-9,14H,5,10-13H2. The van der Waals surface area contributed by atoms with Crippen LogP contribution in [-0.2, 0) is 23.3 Å². The zero-order valence-electron chi connectivity index (χ0n) is 26.4. The molecule has 6 unspecified atom stereocenters. The van der Waals surface area contributed by atoms with E-state index in [1.54, 1.807) is 0 Å². The molecule has 7 nitrogen and oxygen atoms in total. The highest BCUT2D eigenvalue weighted by molar-refractivity contribution is 7.68. The highest BCUT2D eigenvalue weighted by Crippen LogP contribution is 2.56. The maximum absolute atomic E-state index is 13.7. The normalized spacial score (nSPS) is 28.8. The Labute approximate surface area is 276 Å². The van der Waals surface area contributed by atoms with E-state index in [2.05, 4.69) is 6.07 Å². The second kappa shape index (κ2) is 13.0. The first-order chi connectivity index (χ1) is 23.0. The third-order valence-electron chi connectivity index (χ3n) is 9.78. The van der Waals surface area contributed by atoms with Crippen molar-refractivity contribution in [1.82, 2.24) is 0 Å². The van der Waals surface area contributed by atoms with Crippen molar-refractivity contribution in [2.24, 2.45) is 5.92 Å². The molecule has 1 saturated carbocycles. The van der Waals surface area contributed by atoms with Crippen LogP contribution in [0, 0.1) is 5.92 Å². The molecule has 0 amide bonds. The average Bonchev–Trinajstić information content (AvgIpc) is 4.04. The van der Waals surface area contributed by atoms with Crippen LogP contribution in [0.4, 0.5) is 0 Å². The second-order valence-corrected chi connectivity index (χ2v) is 18.0. The lowest BCUT2D eigenvalue weighted by molar-refractivity contribution is 0.117. The SMILES string of the molecule is O=P1(CCC2CCC3OC3C2)Oc2ccccc2-c2ccccc21.O=P1(CCCOCC2CO2)Oc2ccccc2-c2ccccc21. The first kappa shape index (κ1) is 31.1. The van der Waals surface area contributed by atoms with Crippen LogP contribution >= 0.6 is 14.7 Å². The van der Waals surface area contributed by atoms with Gasteiger partial charge in [0, 0.05) is 30.1 Å². The molecule has 0 bridgehead atoms. The number of hydrogen-bond donors (Lipinski definition) is 0. The van der Waals surface area contributed by atoms with E-state index in [1.165, 1.54) is 12.8 Å². The summed E-state index contributed by atoms with van der Waals surface area (Å²) in [6, 6.07) is 31.6. The van der Waals surface area contributed by atoms with Crippen LogP contribution in [0.5, 0.6) is 11.5 Å². The van der Waals surface area contributed by atoms with Gasteiger partial charge >= 0.3 is 0 Å². The fourth-order valence-corrected chi connectivity index (χ4v) is 12.0. The molecule has 9 heteroatoms. The summed E-state index contributed by atoms with van der Waals surface area (Å²) in [6.45, 7) is 2.01. The predicted molar refractivity (Wildman–Crippen MR) is 185 cm³/mol. The van der Waals surface area contributed by atoms with E-state index in [1.807, 2.05) is 91.0 Å². The molecule has 6 atom stereocenters. The zero-order chi connectivity index (χ0) is 31.8. The maximum atomic E-state index is 13.7. The Morgan fingerprint density at radius 1 is 0.660 bits per heavy atom. The van der Waals surface area contributed by atoms with Gasteiger partial charge in [-0.05, 0) is 73.4 Å². The molecule has 4 aliphatic heterocycles. The van der Waals surface area contributed by atoms with Crippen LogP contribution < -0.4 is 19.7 Å². The third-order valence-corrected chi connectivity index (χ3v) is 14.8. The van der Waals surface area contributed by atoms with Crippen molar-refractivity contribution in [3.63, 3.8) is 0 Å². The summed E-state index contributed by atoms with van der Waals surface area (Å²) in [6.07, 6.45) is 7.54. The third kappa shape index (κ3) is 6.62. The molecule has 4 heterocycles. The van der Waals surface area contributed by atoms with E-state index >= 15 is 0 Å². The first-order valence-electron chi connectivity index (χ1n) is 16.8. The van der Waals surface area contributed by atoms with E-state index in [0.717, 1.165) is 58.1 Å². The van der Waals surface area contributed by atoms with E-state index in [4.69, 9.17) is 23.3 Å². The minimum atomic E-state index is -2.90. The van der Waals surface area contributed by atoms with E-state index < -0.39 is 14.7 Å². The van der Waals surface area contributed by atoms with Crippen molar-refractivity contribution in [3.05, 3.63) is 97.1 Å². The van der Waals surface area contributed by atoms with Crippen LogP contribution in [0.3, 0.4) is 0 Å². The van der Waals surface area contributed by atoms with Crippen molar-refractivity contribution in [2.75, 3.05) is 32.1 Å². The van der Waals surface area contributed by atoms with Gasteiger partial charge in [-0.15, -0.1) is 0 Å². The van der Waals surface area contributed by atoms with E-state index in [9.17, 15) is 9.13 Å². The smallest absolute Gasteiger partial charge is 0.277 e. The molecule has 1 aliphatic carbocycles. The highest BCUT2D eigenvalue weighted by Gasteiger charge is 2.45. The lowest BCUT2D eigenvalue weighted by Gasteiger charge is -2.30. The minimum absolute atomic E-state index is 0.268. The Balaban J connectivity index is 0.000000138. The number of fused-ring (bicyclic) bond motifs is 7. The predicted octanol–water partition coefficient (Wildman–Crippen LogP) is 8.06. The first-order valence-corrected chi connectivity index (χ1v) is 20.4. The lowest BCUT2D eigenvalue weighted by Crippen LogP contribution is -2.22. The van der Waals surface area contributed by atoms with Crippen molar-refractivity contribution < 1.29 is 32.4 Å². The van der Waals surface area contributed by atoms with Crippen LogP contribution in [0.1, 0.15) is 32.1 Å². The molecular weight excluding hydrogens is 630 g/mol. The van der Waals surface area contributed by atoms with Gasteiger partial charge in [0.2, 0.25) is 0 Å². The molecule has 4 aromatic carbocycles. The minimum Gasteiger partial charge on any atom is -0.439 e. The van der Waals surface area contributed by atoms with Crippen molar-refractivity contribution in [2.45, 2.75) is 50.4 Å². The van der Waals surface area contributed by atoms with Gasteiger partial charge < -0.3 is 23.3 Å². The Kier molecular flexibility index (Phi) is 8.62. The molecule has 4 aromatic rings. The molecule has 2 saturated heterocycles. The number of para-hydroxylation sites is 2. The Morgan fingerprint density at radius 2 is 1.21 bits per heavy atom. The fraction of sp³-hybridized carbons (Fsp3) is 0.368. The van der Waals surface area contributed by atoms with Crippen LogP contribution in [0.15, 0.2) is 97.1 Å². The molecule has 0 spiro atoms. The summed E-state index contributed by atoms with van der Waals surface area (Å²) in [5.74, 6) is 2.09. The molecule has 3 fully saturated rings. The quantitative estimate of drug-likeness (QED) is 0.101. The summed E-state index contributed by atoms with van der Waals surface area (Å²) in [7, 11) is -5.74. The van der Waals surface area contributed by atoms with E-state index in [-0.39, 0.29) is 6.10 Å². The number of epoxide rings is 2. The van der Waals surface area contributed by atoms with Crippen LogP contribution in [0.25, 0.3) is 22.3 Å². The van der Waals surface area contributed by atoms with Gasteiger partial charge in [0.15, 0.2) is 0 Å². The van der Waals surface area contributed by atoms with Crippen LogP contribution in [0.2, 0.25) is 0 Å². The van der Waals surface area contributed by atoms with Gasteiger partial charge in [0.1, 0.15) is 17.6 Å². The summed E-state index contributed by atoms with van der Waals surface area (Å²) in [5, 5.41) is 1.71. The van der Waals surface area contributed by atoms with Gasteiger partial charge in [0.05, 0.1) is 36.0 Å². The fourth-order valence-electron chi connectivity index (χ4n) is 7.14. The van der Waals surface area contributed by atoms with Crippen molar-refractivity contribution in [1.29, 1.82) is 0 Å². The molecule has 5 aliphatic rings. The molecule has 47 heavy (non-hydrogen) atoms. The number of rotatable bonds is 9. The van der Waals surface area contributed by atoms with Gasteiger partial charge in [-0.1, -0.05) is 72.8 Å². The molecule has 9 rings (SSSR count). The molecule has 0 N–H and O–H groups in total. The second-order valence-electron chi connectivity index (χ2n) is 13.1. The number of benzene rings is 4. The van der Waals surface area contributed by atoms with Crippen molar-refractivity contribution in [3.8, 4) is 33.8 Å². The largest absolute Gasteiger partial charge is 0.439 e. The number of ether oxygens (including phenoxy) is 3. The summed E-state index contributed by atoms with van der Waals surface area (Å²) in [4.78, 5) is 0. The topological polar surface area (TPSA) is 86.9 Å². The van der Waals surface area contributed by atoms with Gasteiger partial charge in [0.25, 0.3) is 14.7 Å². The molecule has 0 aromatic heterocycles. The van der Waals surface area contributed by atoms with Crippen LogP contribution in [-0.4, -0.2) is 50.5 Å². The molecular formula is C38H40O7P2. The lowest BCUT2D eigenvalue weighted by atomic mass is 9.88. The Hall–Kier alpha value is -3.18. The summed E-state index contributed by atoms with van der Waals surface area (Å²) < 4.78 is 55.5. The molecule has 0 radical (unpaired) electrons.